The maximum atomic E-state index is 12.8. The average Bonchev–Trinajstić information content (AvgIpc) is 2.47. The van der Waals surface area contributed by atoms with Gasteiger partial charge < -0.3 is 21.7 Å². The van der Waals surface area contributed by atoms with Crippen LogP contribution in [0.5, 0.6) is 0 Å². The van der Waals surface area contributed by atoms with Gasteiger partial charge in [0.15, 0.2) is 0 Å². The van der Waals surface area contributed by atoms with Crippen LogP contribution in [0.1, 0.15) is 35.2 Å². The minimum atomic E-state index is -0.562. The Balaban J connectivity index is 0.00000242. The zero-order chi connectivity index (χ0) is 15.4. The number of hydrogen-bond donors (Lipinski definition) is 3. The van der Waals surface area contributed by atoms with Crippen LogP contribution < -0.4 is 16.8 Å². The first-order chi connectivity index (χ1) is 9.99. The van der Waals surface area contributed by atoms with Gasteiger partial charge in [0, 0.05) is 30.4 Å². The summed E-state index contributed by atoms with van der Waals surface area (Å²) in [7, 11) is 0. The van der Waals surface area contributed by atoms with Crippen LogP contribution in [0.3, 0.4) is 0 Å². The van der Waals surface area contributed by atoms with Crippen molar-refractivity contribution in [3.8, 4) is 0 Å². The minimum Gasteiger partial charge on any atom is -0.399 e. The fourth-order valence-electron chi connectivity index (χ4n) is 2.72. The lowest BCUT2D eigenvalue weighted by atomic mass is 9.99. The molecule has 7 heteroatoms. The van der Waals surface area contributed by atoms with Crippen molar-refractivity contribution >= 4 is 30.0 Å². The highest BCUT2D eigenvalue weighted by molar-refractivity contribution is 5.96. The number of piperidine rings is 1. The number of carbonyl (C=O) groups is 2. The maximum absolute atomic E-state index is 12.8. The van der Waals surface area contributed by atoms with Crippen LogP contribution in [0.25, 0.3) is 0 Å². The Hall–Kier alpha value is -1.95. The number of nitrogens with one attached hydrogen (secondary N) is 1. The van der Waals surface area contributed by atoms with E-state index < -0.39 is 6.03 Å². The number of nitrogens with zero attached hydrogens (tertiary/aromatic N) is 1. The molecule has 0 spiro atoms. The highest BCUT2D eigenvalue weighted by Gasteiger charge is 2.28. The second-order valence-corrected chi connectivity index (χ2v) is 5.47. The van der Waals surface area contributed by atoms with Gasteiger partial charge in [-0.1, -0.05) is 6.07 Å². The number of primary amides is 1. The molecule has 6 nitrogen and oxygen atoms in total. The summed E-state index contributed by atoms with van der Waals surface area (Å²) in [4.78, 5) is 25.5. The SMILES string of the molecule is Cc1ccc(N)cc1C(=O)N1CCCCC1CNC(N)=O.Cl. The van der Waals surface area contributed by atoms with Crippen molar-refractivity contribution in [3.63, 3.8) is 0 Å². The van der Waals surface area contributed by atoms with Gasteiger partial charge in [-0.2, -0.15) is 0 Å². The molecule has 1 saturated heterocycles. The molecule has 1 fully saturated rings. The van der Waals surface area contributed by atoms with Crippen molar-refractivity contribution in [2.24, 2.45) is 5.73 Å². The van der Waals surface area contributed by atoms with Crippen LogP contribution in [0, 0.1) is 6.92 Å². The van der Waals surface area contributed by atoms with Crippen LogP contribution in [0.2, 0.25) is 0 Å². The van der Waals surface area contributed by atoms with E-state index in [2.05, 4.69) is 5.32 Å². The fourth-order valence-corrected chi connectivity index (χ4v) is 2.72. The quantitative estimate of drug-likeness (QED) is 0.736. The molecule has 1 aromatic rings. The van der Waals surface area contributed by atoms with Crippen molar-refractivity contribution in [1.82, 2.24) is 10.2 Å². The number of urea groups is 1. The summed E-state index contributed by atoms with van der Waals surface area (Å²) in [6.07, 6.45) is 2.89. The third kappa shape index (κ3) is 4.27. The van der Waals surface area contributed by atoms with Gasteiger partial charge in [-0.25, -0.2) is 4.79 Å². The predicted molar refractivity (Wildman–Crippen MR) is 89.1 cm³/mol. The molecule has 0 aromatic heterocycles. The Morgan fingerprint density at radius 3 is 2.77 bits per heavy atom. The largest absolute Gasteiger partial charge is 0.399 e. The summed E-state index contributed by atoms with van der Waals surface area (Å²) in [6.45, 7) is 2.98. The number of benzene rings is 1. The van der Waals surface area contributed by atoms with E-state index in [4.69, 9.17) is 11.5 Å². The van der Waals surface area contributed by atoms with Crippen molar-refractivity contribution in [3.05, 3.63) is 29.3 Å². The molecule has 2 rings (SSSR count). The first kappa shape index (κ1) is 18.1. The van der Waals surface area contributed by atoms with E-state index in [1.165, 1.54) is 0 Å². The summed E-state index contributed by atoms with van der Waals surface area (Å²) >= 11 is 0. The molecule has 22 heavy (non-hydrogen) atoms. The zero-order valence-electron chi connectivity index (χ0n) is 12.7. The van der Waals surface area contributed by atoms with E-state index in [0.717, 1.165) is 24.8 Å². The summed E-state index contributed by atoms with van der Waals surface area (Å²) in [6, 6.07) is 4.77. The molecule has 0 radical (unpaired) electrons. The third-order valence-corrected chi connectivity index (χ3v) is 3.89. The number of amides is 3. The fraction of sp³-hybridized carbons (Fsp3) is 0.467. The first-order valence-electron chi connectivity index (χ1n) is 7.19. The standard InChI is InChI=1S/C15H22N4O2.ClH/c1-10-5-6-11(16)8-13(10)14(20)19-7-3-2-4-12(19)9-18-15(17)21;/h5-6,8,12H,2-4,7,9,16H2,1H3,(H3,17,18,21);1H. The normalized spacial score (nSPS) is 17.5. The van der Waals surface area contributed by atoms with E-state index in [1.807, 2.05) is 17.9 Å². The second-order valence-electron chi connectivity index (χ2n) is 5.47. The van der Waals surface area contributed by atoms with Crippen molar-refractivity contribution in [2.75, 3.05) is 18.8 Å². The van der Waals surface area contributed by atoms with Crippen LogP contribution >= 0.6 is 12.4 Å². The summed E-state index contributed by atoms with van der Waals surface area (Å²) in [5.74, 6) is -0.0317. The van der Waals surface area contributed by atoms with Gasteiger partial charge in [0.25, 0.3) is 5.91 Å². The number of aryl methyl sites for hydroxylation is 1. The minimum absolute atomic E-state index is 0. The van der Waals surface area contributed by atoms with Crippen molar-refractivity contribution in [1.29, 1.82) is 0 Å². The number of carbonyl (C=O) groups excluding carboxylic acids is 2. The molecule has 1 aromatic carbocycles. The number of likely N-dealkylation sites (tertiary alicyclic amines) is 1. The van der Waals surface area contributed by atoms with E-state index in [1.54, 1.807) is 12.1 Å². The van der Waals surface area contributed by atoms with E-state index in [9.17, 15) is 9.59 Å². The smallest absolute Gasteiger partial charge is 0.312 e. The Kier molecular flexibility index (Phi) is 6.49. The number of anilines is 1. The molecule has 0 bridgehead atoms. The average molecular weight is 327 g/mol. The monoisotopic (exact) mass is 326 g/mol. The van der Waals surface area contributed by atoms with Crippen LogP contribution in [-0.2, 0) is 0 Å². The molecule has 1 atom stereocenters. The molecule has 5 N–H and O–H groups in total. The molecule has 122 valence electrons. The Bertz CT molecular complexity index is 550. The van der Waals surface area contributed by atoms with Gasteiger partial charge in [0.1, 0.15) is 0 Å². The molecular formula is C15H23ClN4O2. The zero-order valence-corrected chi connectivity index (χ0v) is 13.5. The van der Waals surface area contributed by atoms with Gasteiger partial charge in [0.05, 0.1) is 0 Å². The Labute approximate surface area is 136 Å². The second kappa shape index (κ2) is 7.89. The molecule has 1 heterocycles. The third-order valence-electron chi connectivity index (χ3n) is 3.89. The summed E-state index contributed by atoms with van der Waals surface area (Å²) < 4.78 is 0. The number of nitrogens with two attached hydrogens (primary N) is 2. The molecule has 0 saturated carbocycles. The Morgan fingerprint density at radius 2 is 2.09 bits per heavy atom. The number of hydrogen-bond acceptors (Lipinski definition) is 3. The lowest BCUT2D eigenvalue weighted by Crippen LogP contribution is -2.50. The van der Waals surface area contributed by atoms with E-state index >= 15 is 0 Å². The number of halogens is 1. The molecule has 1 unspecified atom stereocenters. The topological polar surface area (TPSA) is 101 Å². The van der Waals surface area contributed by atoms with E-state index in [0.29, 0.717) is 24.3 Å². The van der Waals surface area contributed by atoms with Gasteiger partial charge in [0.2, 0.25) is 0 Å². The molecule has 0 aliphatic carbocycles. The lowest BCUT2D eigenvalue weighted by molar-refractivity contribution is 0.0614. The van der Waals surface area contributed by atoms with Gasteiger partial charge in [-0.15, -0.1) is 12.4 Å². The lowest BCUT2D eigenvalue weighted by Gasteiger charge is -2.36. The molecule has 1 aliphatic heterocycles. The molecular weight excluding hydrogens is 304 g/mol. The Morgan fingerprint density at radius 1 is 1.36 bits per heavy atom. The van der Waals surface area contributed by atoms with Gasteiger partial charge in [-0.3, -0.25) is 4.79 Å². The van der Waals surface area contributed by atoms with E-state index in [-0.39, 0.29) is 24.4 Å². The predicted octanol–water partition coefficient (Wildman–Crippen LogP) is 1.66. The van der Waals surface area contributed by atoms with Crippen LogP contribution in [-0.4, -0.2) is 36.0 Å². The van der Waals surface area contributed by atoms with Crippen LogP contribution in [0.15, 0.2) is 18.2 Å². The van der Waals surface area contributed by atoms with Gasteiger partial charge >= 0.3 is 6.03 Å². The highest BCUT2D eigenvalue weighted by Crippen LogP contribution is 2.22. The summed E-state index contributed by atoms with van der Waals surface area (Å²) in [5, 5.41) is 2.60. The van der Waals surface area contributed by atoms with Crippen molar-refractivity contribution < 1.29 is 9.59 Å². The number of nitrogen functional groups attached to an aromatic ring is 1. The van der Waals surface area contributed by atoms with Crippen molar-refractivity contribution in [2.45, 2.75) is 32.2 Å². The van der Waals surface area contributed by atoms with Gasteiger partial charge in [-0.05, 0) is 43.9 Å². The van der Waals surface area contributed by atoms with Crippen LogP contribution in [0.4, 0.5) is 10.5 Å². The first-order valence-corrected chi connectivity index (χ1v) is 7.19. The number of rotatable bonds is 3. The molecule has 3 amide bonds. The molecule has 1 aliphatic rings. The maximum Gasteiger partial charge on any atom is 0.312 e. The summed E-state index contributed by atoms with van der Waals surface area (Å²) in [5.41, 5.74) is 13.0. The highest BCUT2D eigenvalue weighted by atomic mass is 35.5.